The summed E-state index contributed by atoms with van der Waals surface area (Å²) in [5.74, 6) is 1.58. The highest BCUT2D eigenvalue weighted by Crippen LogP contribution is 2.28. The topological polar surface area (TPSA) is 79.4 Å². The number of methoxy groups -OCH3 is 2. The first-order valence-electron chi connectivity index (χ1n) is 10.7. The second-order valence-corrected chi connectivity index (χ2v) is 10.1. The SMILES string of the molecule is COc1ccc(CN2CCN(C(=O)c3ccc(N4CCCS4(=O)=O)cc3)CC2)cc1OC. The molecule has 8 nitrogen and oxygen atoms in total. The maximum atomic E-state index is 12.9. The minimum Gasteiger partial charge on any atom is -0.493 e. The van der Waals surface area contributed by atoms with Crippen LogP contribution in [0, 0.1) is 0 Å². The normalized spacial score (nSPS) is 18.6. The van der Waals surface area contributed by atoms with Crippen molar-refractivity contribution in [3.8, 4) is 11.5 Å². The maximum Gasteiger partial charge on any atom is 0.253 e. The van der Waals surface area contributed by atoms with Gasteiger partial charge in [-0.05, 0) is 48.4 Å². The Hall–Kier alpha value is -2.78. The number of nitrogens with zero attached hydrogens (tertiary/aromatic N) is 3. The smallest absolute Gasteiger partial charge is 0.253 e. The van der Waals surface area contributed by atoms with Crippen LogP contribution in [-0.2, 0) is 16.6 Å². The molecule has 0 aliphatic carbocycles. The highest BCUT2D eigenvalue weighted by atomic mass is 32.2. The summed E-state index contributed by atoms with van der Waals surface area (Å²) >= 11 is 0. The zero-order chi connectivity index (χ0) is 22.7. The standard InChI is InChI=1S/C23H29N3O5S/c1-30-21-9-4-18(16-22(21)31-2)17-24-11-13-25(14-12-24)23(27)19-5-7-20(8-6-19)26-10-3-15-32(26,28)29/h4-9,16H,3,10-15,17H2,1-2H3. The zero-order valence-corrected chi connectivity index (χ0v) is 19.3. The van der Waals surface area contributed by atoms with E-state index in [2.05, 4.69) is 4.90 Å². The molecule has 0 unspecified atom stereocenters. The lowest BCUT2D eigenvalue weighted by molar-refractivity contribution is 0.0628. The largest absolute Gasteiger partial charge is 0.493 e. The summed E-state index contributed by atoms with van der Waals surface area (Å²) in [6.07, 6.45) is 0.636. The Bertz CT molecular complexity index is 1060. The molecule has 172 valence electrons. The highest BCUT2D eigenvalue weighted by Gasteiger charge is 2.29. The molecular weight excluding hydrogens is 430 g/mol. The molecule has 0 atom stereocenters. The van der Waals surface area contributed by atoms with E-state index in [1.165, 1.54) is 4.31 Å². The van der Waals surface area contributed by atoms with Gasteiger partial charge in [-0.2, -0.15) is 0 Å². The minimum absolute atomic E-state index is 0.0217. The van der Waals surface area contributed by atoms with Crippen LogP contribution in [0.3, 0.4) is 0 Å². The number of piperazine rings is 1. The van der Waals surface area contributed by atoms with E-state index in [4.69, 9.17) is 9.47 Å². The summed E-state index contributed by atoms with van der Waals surface area (Å²) < 4.78 is 36.3. The van der Waals surface area contributed by atoms with Gasteiger partial charge in [0.05, 0.1) is 25.7 Å². The van der Waals surface area contributed by atoms with Crippen molar-refractivity contribution in [2.75, 3.05) is 57.0 Å². The van der Waals surface area contributed by atoms with Gasteiger partial charge in [0, 0.05) is 44.8 Å². The van der Waals surface area contributed by atoms with Crippen molar-refractivity contribution >= 4 is 21.6 Å². The van der Waals surface area contributed by atoms with Crippen LogP contribution in [-0.4, -0.2) is 76.8 Å². The van der Waals surface area contributed by atoms with Crippen molar-refractivity contribution in [3.63, 3.8) is 0 Å². The molecule has 0 aromatic heterocycles. The first-order valence-corrected chi connectivity index (χ1v) is 12.4. The lowest BCUT2D eigenvalue weighted by atomic mass is 10.1. The molecule has 2 aliphatic rings. The average Bonchev–Trinajstić information content (AvgIpc) is 3.18. The molecule has 2 saturated heterocycles. The number of amides is 1. The molecule has 0 spiro atoms. The van der Waals surface area contributed by atoms with E-state index in [1.54, 1.807) is 38.5 Å². The molecule has 2 aromatic carbocycles. The summed E-state index contributed by atoms with van der Waals surface area (Å²) in [5.41, 5.74) is 2.34. The predicted molar refractivity (Wildman–Crippen MR) is 123 cm³/mol. The minimum atomic E-state index is -3.22. The number of hydrogen-bond acceptors (Lipinski definition) is 6. The van der Waals surface area contributed by atoms with Gasteiger partial charge in [-0.15, -0.1) is 0 Å². The van der Waals surface area contributed by atoms with Gasteiger partial charge in [0.15, 0.2) is 11.5 Å². The summed E-state index contributed by atoms with van der Waals surface area (Å²) in [4.78, 5) is 17.1. The number of carbonyl (C=O) groups excluding carboxylic acids is 1. The molecule has 0 N–H and O–H groups in total. The summed E-state index contributed by atoms with van der Waals surface area (Å²) in [5, 5.41) is 0. The van der Waals surface area contributed by atoms with Gasteiger partial charge in [-0.3, -0.25) is 14.0 Å². The van der Waals surface area contributed by atoms with Gasteiger partial charge in [-0.1, -0.05) is 6.07 Å². The van der Waals surface area contributed by atoms with Crippen molar-refractivity contribution in [2.45, 2.75) is 13.0 Å². The molecule has 4 rings (SSSR count). The third-order valence-corrected chi connectivity index (χ3v) is 7.88. The number of sulfonamides is 1. The second kappa shape index (κ2) is 9.38. The second-order valence-electron chi connectivity index (χ2n) is 8.05. The molecule has 0 radical (unpaired) electrons. The van der Waals surface area contributed by atoms with Gasteiger partial charge in [-0.25, -0.2) is 8.42 Å². The number of rotatable bonds is 6. The summed E-state index contributed by atoms with van der Waals surface area (Å²) in [6, 6.07) is 12.8. The van der Waals surface area contributed by atoms with Crippen LogP contribution < -0.4 is 13.8 Å². The van der Waals surface area contributed by atoms with Crippen LogP contribution in [0.15, 0.2) is 42.5 Å². The lowest BCUT2D eigenvalue weighted by Gasteiger charge is -2.35. The molecule has 0 saturated carbocycles. The fourth-order valence-corrected chi connectivity index (χ4v) is 5.79. The van der Waals surface area contributed by atoms with E-state index in [0.29, 0.717) is 48.8 Å². The zero-order valence-electron chi connectivity index (χ0n) is 18.5. The van der Waals surface area contributed by atoms with Crippen LogP contribution in [0.4, 0.5) is 5.69 Å². The Labute approximate surface area is 189 Å². The number of hydrogen-bond donors (Lipinski definition) is 0. The van der Waals surface area contributed by atoms with E-state index in [-0.39, 0.29) is 11.7 Å². The Morgan fingerprint density at radius 2 is 1.59 bits per heavy atom. The molecular formula is C23H29N3O5S. The fraction of sp³-hybridized carbons (Fsp3) is 0.435. The molecule has 32 heavy (non-hydrogen) atoms. The van der Waals surface area contributed by atoms with Crippen LogP contribution in [0.25, 0.3) is 0 Å². The number of carbonyl (C=O) groups is 1. The monoisotopic (exact) mass is 459 g/mol. The van der Waals surface area contributed by atoms with Crippen LogP contribution in [0.1, 0.15) is 22.3 Å². The third kappa shape index (κ3) is 4.68. The Kier molecular flexibility index (Phi) is 6.57. The lowest BCUT2D eigenvalue weighted by Crippen LogP contribution is -2.48. The number of benzene rings is 2. The third-order valence-electron chi connectivity index (χ3n) is 6.02. The fourth-order valence-electron chi connectivity index (χ4n) is 4.23. The van der Waals surface area contributed by atoms with Gasteiger partial charge >= 0.3 is 0 Å². The van der Waals surface area contributed by atoms with E-state index in [0.717, 1.165) is 25.2 Å². The van der Waals surface area contributed by atoms with Crippen LogP contribution in [0.5, 0.6) is 11.5 Å². The Balaban J connectivity index is 1.33. The van der Waals surface area contributed by atoms with E-state index in [1.807, 2.05) is 23.1 Å². The molecule has 1 amide bonds. The van der Waals surface area contributed by atoms with Gasteiger partial charge in [0.2, 0.25) is 10.0 Å². The average molecular weight is 460 g/mol. The van der Waals surface area contributed by atoms with Gasteiger partial charge in [0.25, 0.3) is 5.91 Å². The quantitative estimate of drug-likeness (QED) is 0.659. The van der Waals surface area contributed by atoms with Gasteiger partial charge < -0.3 is 14.4 Å². The van der Waals surface area contributed by atoms with E-state index < -0.39 is 10.0 Å². The summed E-state index contributed by atoms with van der Waals surface area (Å²) in [6.45, 7) is 4.14. The van der Waals surface area contributed by atoms with Crippen LogP contribution in [0.2, 0.25) is 0 Å². The first-order chi connectivity index (χ1) is 15.4. The van der Waals surface area contributed by atoms with Crippen molar-refractivity contribution in [1.29, 1.82) is 0 Å². The molecule has 9 heteroatoms. The molecule has 2 fully saturated rings. The van der Waals surface area contributed by atoms with Gasteiger partial charge in [0.1, 0.15) is 0 Å². The van der Waals surface area contributed by atoms with Crippen molar-refractivity contribution in [2.24, 2.45) is 0 Å². The number of ether oxygens (including phenoxy) is 2. The highest BCUT2D eigenvalue weighted by molar-refractivity contribution is 7.93. The predicted octanol–water partition coefficient (Wildman–Crippen LogP) is 2.20. The van der Waals surface area contributed by atoms with E-state index in [9.17, 15) is 13.2 Å². The van der Waals surface area contributed by atoms with E-state index >= 15 is 0 Å². The first kappa shape index (κ1) is 22.4. The Morgan fingerprint density at radius 3 is 2.19 bits per heavy atom. The van der Waals surface area contributed by atoms with Crippen LogP contribution >= 0.6 is 0 Å². The molecule has 2 aliphatic heterocycles. The van der Waals surface area contributed by atoms with Crippen molar-refractivity contribution in [1.82, 2.24) is 9.80 Å². The summed E-state index contributed by atoms with van der Waals surface area (Å²) in [7, 11) is 0.0316. The molecule has 2 heterocycles. The molecule has 0 bridgehead atoms. The number of anilines is 1. The van der Waals surface area contributed by atoms with Crippen molar-refractivity contribution < 1.29 is 22.7 Å². The molecule has 2 aromatic rings. The van der Waals surface area contributed by atoms with Crippen molar-refractivity contribution in [3.05, 3.63) is 53.6 Å². The maximum absolute atomic E-state index is 12.9. The Morgan fingerprint density at radius 1 is 0.906 bits per heavy atom.